The molecule has 108 valence electrons. The van der Waals surface area contributed by atoms with E-state index in [0.29, 0.717) is 29.7 Å². The van der Waals surface area contributed by atoms with Crippen molar-refractivity contribution in [3.8, 4) is 11.5 Å². The summed E-state index contributed by atoms with van der Waals surface area (Å²) in [5, 5.41) is 4.76. The van der Waals surface area contributed by atoms with Crippen LogP contribution in [0.4, 0.5) is 0 Å². The summed E-state index contributed by atoms with van der Waals surface area (Å²) >= 11 is 6.22. The molecule has 0 aliphatic heterocycles. The van der Waals surface area contributed by atoms with Crippen LogP contribution in [-0.4, -0.2) is 16.9 Å². The van der Waals surface area contributed by atoms with Crippen molar-refractivity contribution in [3.05, 3.63) is 40.2 Å². The highest BCUT2D eigenvalue weighted by Gasteiger charge is 2.13. The summed E-state index contributed by atoms with van der Waals surface area (Å²) < 4.78 is 12.9. The van der Waals surface area contributed by atoms with Gasteiger partial charge in [0.05, 0.1) is 23.5 Å². The largest absolute Gasteiger partial charge is 0.493 e. The van der Waals surface area contributed by atoms with Gasteiger partial charge in [0.15, 0.2) is 11.5 Å². The van der Waals surface area contributed by atoms with E-state index in [-0.39, 0.29) is 0 Å². The summed E-state index contributed by atoms with van der Waals surface area (Å²) in [7, 11) is 3.45. The monoisotopic (exact) mass is 295 g/mol. The first-order valence-corrected chi connectivity index (χ1v) is 6.61. The quantitative estimate of drug-likeness (QED) is 0.920. The van der Waals surface area contributed by atoms with E-state index in [4.69, 9.17) is 26.8 Å². The highest BCUT2D eigenvalue weighted by atomic mass is 35.5. The molecule has 0 bridgehead atoms. The molecular weight excluding hydrogens is 278 g/mol. The van der Waals surface area contributed by atoms with E-state index in [1.54, 1.807) is 17.9 Å². The molecule has 0 radical (unpaired) electrons. The first kappa shape index (κ1) is 14.7. The topological polar surface area (TPSA) is 62.3 Å². The van der Waals surface area contributed by atoms with Crippen molar-refractivity contribution < 1.29 is 9.47 Å². The Bertz CT molecular complexity index is 611. The van der Waals surface area contributed by atoms with Crippen molar-refractivity contribution >= 4 is 11.6 Å². The third kappa shape index (κ3) is 3.05. The third-order valence-electron chi connectivity index (χ3n) is 2.99. The third-order valence-corrected chi connectivity index (χ3v) is 3.27. The number of hydrogen-bond donors (Lipinski definition) is 1. The molecular formula is C14H18ClN3O2. The molecule has 0 amide bonds. The van der Waals surface area contributed by atoms with Gasteiger partial charge in [-0.05, 0) is 30.7 Å². The standard InChI is InChI=1S/C14H18ClN3O2/c1-9-4-11(18(2)17-9)8-20-14-12(15)5-10(7-16)6-13(14)19-3/h4-6H,7-8,16H2,1-3H3. The highest BCUT2D eigenvalue weighted by Crippen LogP contribution is 2.36. The number of halogens is 1. The lowest BCUT2D eigenvalue weighted by Crippen LogP contribution is -2.05. The summed E-state index contributed by atoms with van der Waals surface area (Å²) in [4.78, 5) is 0. The maximum atomic E-state index is 6.22. The average molecular weight is 296 g/mol. The van der Waals surface area contributed by atoms with Gasteiger partial charge >= 0.3 is 0 Å². The molecule has 0 aliphatic rings. The van der Waals surface area contributed by atoms with Gasteiger partial charge in [0, 0.05) is 13.6 Å². The van der Waals surface area contributed by atoms with E-state index in [2.05, 4.69) is 5.10 Å². The van der Waals surface area contributed by atoms with Crippen molar-refractivity contribution in [2.75, 3.05) is 7.11 Å². The zero-order valence-electron chi connectivity index (χ0n) is 11.8. The molecule has 2 N–H and O–H groups in total. The Kier molecular flexibility index (Phi) is 4.52. The van der Waals surface area contributed by atoms with Crippen LogP contribution in [0.5, 0.6) is 11.5 Å². The summed E-state index contributed by atoms with van der Waals surface area (Å²) in [6.45, 7) is 2.71. The molecule has 0 fully saturated rings. The lowest BCUT2D eigenvalue weighted by atomic mass is 10.2. The van der Waals surface area contributed by atoms with Gasteiger partial charge in [0.1, 0.15) is 6.61 Å². The van der Waals surface area contributed by atoms with Gasteiger partial charge in [-0.3, -0.25) is 4.68 Å². The van der Waals surface area contributed by atoms with Crippen LogP contribution in [0, 0.1) is 6.92 Å². The van der Waals surface area contributed by atoms with E-state index < -0.39 is 0 Å². The van der Waals surface area contributed by atoms with Crippen LogP contribution in [0.1, 0.15) is 17.0 Å². The van der Waals surface area contributed by atoms with Gasteiger partial charge in [-0.25, -0.2) is 0 Å². The van der Waals surface area contributed by atoms with Crippen molar-refractivity contribution in [3.63, 3.8) is 0 Å². The van der Waals surface area contributed by atoms with E-state index in [9.17, 15) is 0 Å². The summed E-state index contributed by atoms with van der Waals surface area (Å²) in [5.41, 5.74) is 8.42. The van der Waals surface area contributed by atoms with Gasteiger partial charge in [-0.15, -0.1) is 0 Å². The fraction of sp³-hybridized carbons (Fsp3) is 0.357. The van der Waals surface area contributed by atoms with Crippen LogP contribution >= 0.6 is 11.6 Å². The fourth-order valence-corrected chi connectivity index (χ4v) is 2.26. The minimum atomic E-state index is 0.370. The summed E-state index contributed by atoms with van der Waals surface area (Å²) in [6.07, 6.45) is 0. The lowest BCUT2D eigenvalue weighted by Gasteiger charge is -2.13. The van der Waals surface area contributed by atoms with Gasteiger partial charge < -0.3 is 15.2 Å². The van der Waals surface area contributed by atoms with Crippen LogP contribution in [0.25, 0.3) is 0 Å². The molecule has 0 spiro atoms. The van der Waals surface area contributed by atoms with Crippen molar-refractivity contribution in [1.29, 1.82) is 0 Å². The Hall–Kier alpha value is -1.72. The van der Waals surface area contributed by atoms with Gasteiger partial charge in [-0.1, -0.05) is 11.6 Å². The second-order valence-corrected chi connectivity index (χ2v) is 4.91. The normalized spacial score (nSPS) is 10.7. The van der Waals surface area contributed by atoms with Crippen LogP contribution in [0.2, 0.25) is 5.02 Å². The minimum Gasteiger partial charge on any atom is -0.493 e. The molecule has 1 aromatic heterocycles. The summed E-state index contributed by atoms with van der Waals surface area (Å²) in [6, 6.07) is 5.58. The number of nitrogens with two attached hydrogens (primary N) is 1. The van der Waals surface area contributed by atoms with E-state index in [0.717, 1.165) is 17.0 Å². The molecule has 6 heteroatoms. The molecule has 0 unspecified atom stereocenters. The Morgan fingerprint density at radius 3 is 2.65 bits per heavy atom. The van der Waals surface area contributed by atoms with Crippen molar-refractivity contribution in [2.24, 2.45) is 12.8 Å². The van der Waals surface area contributed by atoms with Gasteiger partial charge in [0.2, 0.25) is 0 Å². The van der Waals surface area contributed by atoms with Crippen molar-refractivity contribution in [2.45, 2.75) is 20.1 Å². The summed E-state index contributed by atoms with van der Waals surface area (Å²) in [5.74, 6) is 1.10. The molecule has 0 saturated carbocycles. The first-order chi connectivity index (χ1) is 9.55. The Morgan fingerprint density at radius 2 is 2.10 bits per heavy atom. The second kappa shape index (κ2) is 6.15. The molecule has 0 aliphatic carbocycles. The molecule has 2 rings (SSSR count). The van der Waals surface area contributed by atoms with E-state index >= 15 is 0 Å². The SMILES string of the molecule is COc1cc(CN)cc(Cl)c1OCc1cc(C)nn1C. The Labute approximate surface area is 123 Å². The highest BCUT2D eigenvalue weighted by molar-refractivity contribution is 6.32. The number of aromatic nitrogens is 2. The number of rotatable bonds is 5. The van der Waals surface area contributed by atoms with Gasteiger partial charge in [0.25, 0.3) is 0 Å². The second-order valence-electron chi connectivity index (χ2n) is 4.50. The molecule has 5 nitrogen and oxygen atoms in total. The van der Waals surface area contributed by atoms with E-state index in [1.807, 2.05) is 26.1 Å². The van der Waals surface area contributed by atoms with Crippen LogP contribution in [0.15, 0.2) is 18.2 Å². The Morgan fingerprint density at radius 1 is 1.35 bits per heavy atom. The fourth-order valence-electron chi connectivity index (χ4n) is 1.98. The predicted molar refractivity (Wildman–Crippen MR) is 78.2 cm³/mol. The number of benzene rings is 1. The number of aryl methyl sites for hydroxylation is 2. The van der Waals surface area contributed by atoms with Gasteiger partial charge in [-0.2, -0.15) is 5.10 Å². The van der Waals surface area contributed by atoms with Crippen LogP contribution in [-0.2, 0) is 20.2 Å². The number of ether oxygens (including phenoxy) is 2. The lowest BCUT2D eigenvalue weighted by molar-refractivity contribution is 0.276. The van der Waals surface area contributed by atoms with Crippen LogP contribution in [0.3, 0.4) is 0 Å². The number of methoxy groups -OCH3 is 1. The van der Waals surface area contributed by atoms with Crippen molar-refractivity contribution in [1.82, 2.24) is 9.78 Å². The first-order valence-electron chi connectivity index (χ1n) is 6.24. The molecule has 0 saturated heterocycles. The Balaban J connectivity index is 2.22. The average Bonchev–Trinajstić information content (AvgIpc) is 2.74. The molecule has 1 aromatic carbocycles. The maximum absolute atomic E-state index is 6.22. The zero-order chi connectivity index (χ0) is 14.7. The maximum Gasteiger partial charge on any atom is 0.180 e. The molecule has 1 heterocycles. The zero-order valence-corrected chi connectivity index (χ0v) is 12.6. The molecule has 2 aromatic rings. The molecule has 20 heavy (non-hydrogen) atoms. The smallest absolute Gasteiger partial charge is 0.180 e. The predicted octanol–water partition coefficient (Wildman–Crippen LogP) is 2.43. The molecule has 0 atom stereocenters. The minimum absolute atomic E-state index is 0.370. The number of hydrogen-bond acceptors (Lipinski definition) is 4. The van der Waals surface area contributed by atoms with E-state index in [1.165, 1.54) is 0 Å². The van der Waals surface area contributed by atoms with Crippen LogP contribution < -0.4 is 15.2 Å². The number of nitrogens with zero attached hydrogens (tertiary/aromatic N) is 2.